The second-order valence-corrected chi connectivity index (χ2v) is 7.45. The number of nitrogens with one attached hydrogen (secondary N) is 1. The number of rotatable bonds is 6. The van der Waals surface area contributed by atoms with Gasteiger partial charge in [0, 0.05) is 45.3 Å². The Hall–Kier alpha value is -2.38. The molecule has 1 unspecified atom stereocenters. The molecule has 0 bridgehead atoms. The lowest BCUT2D eigenvalue weighted by Crippen LogP contribution is -2.49. The molecule has 28 heavy (non-hydrogen) atoms. The molecule has 2 saturated heterocycles. The third-order valence-electron chi connectivity index (χ3n) is 5.48. The smallest absolute Gasteiger partial charge is 0.278 e. The Bertz CT molecular complexity index is 785. The van der Waals surface area contributed by atoms with Crippen LogP contribution in [0.25, 0.3) is 5.69 Å². The molecule has 150 valence electrons. The standard InChI is InChI=1S/C21H29N5O2/c1-2-14-28-19-16-26(17-6-4-3-5-7-17)23-20(19)21(27)25-11-8-18(15-25)24-12-9-22-10-13-24/h3-7,16,18,22H,2,8-15H2,1H3. The summed E-state index contributed by atoms with van der Waals surface area (Å²) in [5, 5.41) is 7.98. The highest BCUT2D eigenvalue weighted by Gasteiger charge is 2.33. The molecule has 1 aromatic heterocycles. The molecule has 2 aliphatic rings. The van der Waals surface area contributed by atoms with Gasteiger partial charge in [-0.25, -0.2) is 4.68 Å². The first-order valence-corrected chi connectivity index (χ1v) is 10.3. The summed E-state index contributed by atoms with van der Waals surface area (Å²) in [5.41, 5.74) is 1.33. The normalized spacial score (nSPS) is 20.5. The maximum Gasteiger partial charge on any atom is 0.278 e. The summed E-state index contributed by atoms with van der Waals surface area (Å²) in [6.07, 6.45) is 3.73. The molecule has 7 heteroatoms. The Morgan fingerprint density at radius 1 is 1.21 bits per heavy atom. The van der Waals surface area contributed by atoms with E-state index in [9.17, 15) is 4.79 Å². The number of amides is 1. The van der Waals surface area contributed by atoms with Crippen molar-refractivity contribution in [3.63, 3.8) is 0 Å². The van der Waals surface area contributed by atoms with Gasteiger partial charge in [-0.15, -0.1) is 0 Å². The van der Waals surface area contributed by atoms with Crippen molar-refractivity contribution in [2.45, 2.75) is 25.8 Å². The summed E-state index contributed by atoms with van der Waals surface area (Å²) >= 11 is 0. The first-order chi connectivity index (χ1) is 13.8. The summed E-state index contributed by atoms with van der Waals surface area (Å²) in [6.45, 7) is 8.34. The minimum absolute atomic E-state index is 0.0292. The fraction of sp³-hybridized carbons (Fsp3) is 0.524. The van der Waals surface area contributed by atoms with Gasteiger partial charge in [0.15, 0.2) is 11.4 Å². The van der Waals surface area contributed by atoms with Gasteiger partial charge in [0.1, 0.15) is 0 Å². The van der Waals surface area contributed by atoms with Crippen molar-refractivity contribution < 1.29 is 9.53 Å². The molecule has 1 amide bonds. The number of carbonyl (C=O) groups excluding carboxylic acids is 1. The fourth-order valence-electron chi connectivity index (χ4n) is 3.96. The molecular formula is C21H29N5O2. The van der Waals surface area contributed by atoms with Crippen LogP contribution in [-0.4, -0.2) is 77.4 Å². The number of aromatic nitrogens is 2. The molecule has 2 aliphatic heterocycles. The largest absolute Gasteiger partial charge is 0.489 e. The van der Waals surface area contributed by atoms with Crippen LogP contribution in [0.2, 0.25) is 0 Å². The van der Waals surface area contributed by atoms with Crippen LogP contribution in [0.5, 0.6) is 5.75 Å². The van der Waals surface area contributed by atoms with Gasteiger partial charge in [-0.2, -0.15) is 5.10 Å². The number of likely N-dealkylation sites (tertiary alicyclic amines) is 1. The molecule has 0 aliphatic carbocycles. The SMILES string of the molecule is CCCOc1cn(-c2ccccc2)nc1C(=O)N1CCC(N2CCNCC2)C1. The number of nitrogens with zero attached hydrogens (tertiary/aromatic N) is 4. The van der Waals surface area contributed by atoms with Crippen molar-refractivity contribution in [3.8, 4) is 11.4 Å². The highest BCUT2D eigenvalue weighted by Crippen LogP contribution is 2.25. The molecule has 0 radical (unpaired) electrons. The Labute approximate surface area is 166 Å². The Kier molecular flexibility index (Phi) is 5.92. The maximum absolute atomic E-state index is 13.2. The van der Waals surface area contributed by atoms with Crippen LogP contribution in [0, 0.1) is 0 Å². The molecule has 4 rings (SSSR count). The van der Waals surface area contributed by atoms with Gasteiger partial charge < -0.3 is 15.0 Å². The van der Waals surface area contributed by atoms with E-state index in [0.29, 0.717) is 24.1 Å². The van der Waals surface area contributed by atoms with Gasteiger partial charge in [-0.1, -0.05) is 25.1 Å². The van der Waals surface area contributed by atoms with E-state index < -0.39 is 0 Å². The number of hydrogen-bond donors (Lipinski definition) is 1. The average Bonchev–Trinajstić information content (AvgIpc) is 3.41. The van der Waals surface area contributed by atoms with Crippen LogP contribution in [-0.2, 0) is 0 Å². The lowest BCUT2D eigenvalue weighted by molar-refractivity contribution is 0.0763. The van der Waals surface area contributed by atoms with Crippen molar-refractivity contribution in [2.75, 3.05) is 45.9 Å². The van der Waals surface area contributed by atoms with E-state index in [1.54, 1.807) is 4.68 Å². The topological polar surface area (TPSA) is 62.6 Å². The zero-order valence-electron chi connectivity index (χ0n) is 16.5. The van der Waals surface area contributed by atoms with E-state index >= 15 is 0 Å². The van der Waals surface area contributed by atoms with Crippen LogP contribution in [0.4, 0.5) is 0 Å². The summed E-state index contributed by atoms with van der Waals surface area (Å²) in [4.78, 5) is 17.7. The minimum atomic E-state index is -0.0292. The predicted molar refractivity (Wildman–Crippen MR) is 108 cm³/mol. The average molecular weight is 383 g/mol. The number of piperazine rings is 1. The van der Waals surface area contributed by atoms with Crippen molar-refractivity contribution in [2.24, 2.45) is 0 Å². The lowest BCUT2D eigenvalue weighted by atomic mass is 10.2. The highest BCUT2D eigenvalue weighted by atomic mass is 16.5. The minimum Gasteiger partial charge on any atom is -0.489 e. The van der Waals surface area contributed by atoms with Gasteiger partial charge in [-0.05, 0) is 25.0 Å². The number of carbonyl (C=O) groups is 1. The van der Waals surface area contributed by atoms with Crippen LogP contribution in [0.1, 0.15) is 30.3 Å². The van der Waals surface area contributed by atoms with Gasteiger partial charge in [0.2, 0.25) is 0 Å². The van der Waals surface area contributed by atoms with Gasteiger partial charge in [-0.3, -0.25) is 9.69 Å². The fourth-order valence-corrected chi connectivity index (χ4v) is 3.96. The Balaban J connectivity index is 1.52. The van der Waals surface area contributed by atoms with Crippen LogP contribution < -0.4 is 10.1 Å². The zero-order chi connectivity index (χ0) is 19.3. The summed E-state index contributed by atoms with van der Waals surface area (Å²) in [6, 6.07) is 10.3. The maximum atomic E-state index is 13.2. The molecule has 3 heterocycles. The van der Waals surface area contributed by atoms with Gasteiger partial charge in [0.25, 0.3) is 5.91 Å². The van der Waals surface area contributed by atoms with Gasteiger partial charge in [0.05, 0.1) is 18.5 Å². The number of benzene rings is 1. The summed E-state index contributed by atoms with van der Waals surface area (Å²) in [5.74, 6) is 0.541. The molecule has 0 spiro atoms. The Morgan fingerprint density at radius 3 is 2.75 bits per heavy atom. The second kappa shape index (κ2) is 8.75. The van der Waals surface area contributed by atoms with Crippen molar-refractivity contribution >= 4 is 5.91 Å². The van der Waals surface area contributed by atoms with E-state index in [4.69, 9.17) is 4.74 Å². The summed E-state index contributed by atoms with van der Waals surface area (Å²) < 4.78 is 7.60. The van der Waals surface area contributed by atoms with Crippen LogP contribution in [0.3, 0.4) is 0 Å². The van der Waals surface area contributed by atoms with Crippen LogP contribution >= 0.6 is 0 Å². The predicted octanol–water partition coefficient (Wildman–Crippen LogP) is 1.78. The zero-order valence-corrected chi connectivity index (χ0v) is 16.5. The highest BCUT2D eigenvalue weighted by molar-refractivity contribution is 5.95. The third kappa shape index (κ3) is 4.05. The lowest BCUT2D eigenvalue weighted by Gasteiger charge is -2.32. The van der Waals surface area contributed by atoms with Crippen LogP contribution in [0.15, 0.2) is 36.5 Å². The summed E-state index contributed by atoms with van der Waals surface area (Å²) in [7, 11) is 0. The molecular weight excluding hydrogens is 354 g/mol. The van der Waals surface area contributed by atoms with Crippen molar-refractivity contribution in [1.82, 2.24) is 24.9 Å². The molecule has 7 nitrogen and oxygen atoms in total. The van der Waals surface area contributed by atoms with E-state index in [-0.39, 0.29) is 5.91 Å². The number of para-hydroxylation sites is 1. The van der Waals surface area contributed by atoms with Crippen molar-refractivity contribution in [3.05, 3.63) is 42.2 Å². The van der Waals surface area contributed by atoms with E-state index in [1.807, 2.05) is 41.4 Å². The molecule has 2 fully saturated rings. The molecule has 1 aromatic carbocycles. The molecule has 0 saturated carbocycles. The quantitative estimate of drug-likeness (QED) is 0.824. The monoisotopic (exact) mass is 383 g/mol. The molecule has 2 aromatic rings. The molecule has 1 N–H and O–H groups in total. The van der Waals surface area contributed by atoms with E-state index in [1.165, 1.54) is 0 Å². The Morgan fingerprint density at radius 2 is 2.00 bits per heavy atom. The van der Waals surface area contributed by atoms with E-state index in [0.717, 1.165) is 57.8 Å². The first-order valence-electron chi connectivity index (χ1n) is 10.3. The second-order valence-electron chi connectivity index (χ2n) is 7.45. The van der Waals surface area contributed by atoms with Gasteiger partial charge >= 0.3 is 0 Å². The first kappa shape index (κ1) is 19.0. The number of ether oxygens (including phenoxy) is 1. The van der Waals surface area contributed by atoms with E-state index in [2.05, 4.69) is 22.2 Å². The third-order valence-corrected chi connectivity index (χ3v) is 5.48. The molecule has 1 atom stereocenters. The van der Waals surface area contributed by atoms with Crippen molar-refractivity contribution in [1.29, 1.82) is 0 Å². The number of hydrogen-bond acceptors (Lipinski definition) is 5.